The van der Waals surface area contributed by atoms with Gasteiger partial charge in [0.1, 0.15) is 21.9 Å². The lowest BCUT2D eigenvalue weighted by Crippen LogP contribution is -2.45. The summed E-state index contributed by atoms with van der Waals surface area (Å²) in [5.41, 5.74) is 2.25. The van der Waals surface area contributed by atoms with Gasteiger partial charge in [-0.25, -0.2) is 0 Å². The van der Waals surface area contributed by atoms with Gasteiger partial charge in [0.25, 0.3) is 5.91 Å². The standard InChI is InChI=1S/C31H36N8O3S.3H2/c1-3-13-39-30(42)27(43-31(39)26(20-33)29(41)36-25-6-4-22(19-32)5-7-25)21-34-23-8-10-24(11-9-23)35-28(40)12-14-38-17-15-37(2)16-18-38;;;/h4-11,27,34H,3,12-18,21H2,1-2H3,(H,35,40)(H,36,41);3*1H/b31-26-;;;. The third kappa shape index (κ3) is 8.58. The molecule has 1 unspecified atom stereocenters. The van der Waals surface area contributed by atoms with E-state index in [1.54, 1.807) is 24.3 Å². The van der Waals surface area contributed by atoms with Crippen molar-refractivity contribution < 1.29 is 18.7 Å². The van der Waals surface area contributed by atoms with Crippen LogP contribution in [0.5, 0.6) is 0 Å². The summed E-state index contributed by atoms with van der Waals surface area (Å²) in [7, 11) is 2.11. The van der Waals surface area contributed by atoms with Crippen molar-refractivity contribution in [3.8, 4) is 12.1 Å². The van der Waals surface area contributed by atoms with Gasteiger partial charge in [0.2, 0.25) is 11.8 Å². The average molecular weight is 607 g/mol. The zero-order valence-corrected chi connectivity index (χ0v) is 25.2. The molecular formula is C31H42N8O3S. The monoisotopic (exact) mass is 606 g/mol. The second kappa shape index (κ2) is 15.2. The van der Waals surface area contributed by atoms with Gasteiger partial charge in [0.15, 0.2) is 0 Å². The van der Waals surface area contributed by atoms with Crippen LogP contribution in [0.1, 0.15) is 29.6 Å². The molecule has 0 aliphatic carbocycles. The summed E-state index contributed by atoms with van der Waals surface area (Å²) in [6.45, 7) is 7.33. The van der Waals surface area contributed by atoms with Crippen molar-refractivity contribution in [2.75, 3.05) is 68.8 Å². The van der Waals surface area contributed by atoms with Gasteiger partial charge in [0.05, 0.1) is 11.6 Å². The highest BCUT2D eigenvalue weighted by molar-refractivity contribution is 8.04. The Kier molecular flexibility index (Phi) is 11.2. The Labute approximate surface area is 260 Å². The van der Waals surface area contributed by atoms with Crippen LogP contribution >= 0.6 is 11.8 Å². The van der Waals surface area contributed by atoms with Crippen molar-refractivity contribution in [1.82, 2.24) is 14.7 Å². The fraction of sp³-hybridized carbons (Fsp3) is 0.387. The molecule has 11 nitrogen and oxygen atoms in total. The van der Waals surface area contributed by atoms with Gasteiger partial charge in [-0.15, -0.1) is 0 Å². The van der Waals surface area contributed by atoms with Crippen LogP contribution in [0.25, 0.3) is 0 Å². The Hall–Kier alpha value is -4.36. The average Bonchev–Trinajstić information content (AvgIpc) is 3.31. The smallest absolute Gasteiger partial charge is 0.269 e. The number of nitriles is 2. The topological polar surface area (TPSA) is 145 Å². The molecule has 3 amide bonds. The summed E-state index contributed by atoms with van der Waals surface area (Å²) >= 11 is 1.20. The van der Waals surface area contributed by atoms with Gasteiger partial charge in [-0.3, -0.25) is 14.4 Å². The largest absolute Gasteiger partial charge is 0.383 e. The number of anilines is 3. The number of nitrogens with zero attached hydrogens (tertiary/aromatic N) is 5. The summed E-state index contributed by atoms with van der Waals surface area (Å²) in [4.78, 5) is 44.8. The molecule has 12 heteroatoms. The Morgan fingerprint density at radius 1 is 0.953 bits per heavy atom. The van der Waals surface area contributed by atoms with E-state index in [4.69, 9.17) is 5.26 Å². The Morgan fingerprint density at radius 3 is 2.21 bits per heavy atom. The molecule has 2 heterocycles. The van der Waals surface area contributed by atoms with Crippen molar-refractivity contribution in [3.63, 3.8) is 0 Å². The third-order valence-corrected chi connectivity index (χ3v) is 8.52. The first-order valence-corrected chi connectivity index (χ1v) is 15.2. The first-order valence-electron chi connectivity index (χ1n) is 14.3. The molecule has 0 aromatic heterocycles. The number of carbonyl (C=O) groups excluding carboxylic acids is 3. The van der Waals surface area contributed by atoms with Crippen LogP contribution < -0.4 is 16.0 Å². The van der Waals surface area contributed by atoms with Crippen molar-refractivity contribution in [2.45, 2.75) is 25.0 Å². The third-order valence-electron chi connectivity index (χ3n) is 7.22. The number of hydrogen-bond donors (Lipinski definition) is 3. The van der Waals surface area contributed by atoms with Crippen molar-refractivity contribution >= 4 is 46.5 Å². The van der Waals surface area contributed by atoms with E-state index in [2.05, 4.69) is 32.8 Å². The quantitative estimate of drug-likeness (QED) is 0.255. The first kappa shape index (κ1) is 31.6. The molecule has 2 aromatic rings. The summed E-state index contributed by atoms with van der Waals surface area (Å²) in [6, 6.07) is 17.6. The molecule has 43 heavy (non-hydrogen) atoms. The maximum absolute atomic E-state index is 13.3. The van der Waals surface area contributed by atoms with Gasteiger partial charge < -0.3 is 30.7 Å². The maximum Gasteiger partial charge on any atom is 0.269 e. The van der Waals surface area contributed by atoms with E-state index in [0.29, 0.717) is 47.9 Å². The highest BCUT2D eigenvalue weighted by Gasteiger charge is 2.39. The number of likely N-dealkylation sites (N-methyl/N-ethyl adjacent to an activating group) is 1. The number of nitrogens with one attached hydrogen (secondary N) is 3. The van der Waals surface area contributed by atoms with Gasteiger partial charge in [-0.2, -0.15) is 10.5 Å². The fourth-order valence-electron chi connectivity index (χ4n) is 4.73. The van der Waals surface area contributed by atoms with E-state index in [1.165, 1.54) is 16.7 Å². The van der Waals surface area contributed by atoms with Gasteiger partial charge in [-0.05, 0) is 62.0 Å². The predicted octanol–water partition coefficient (Wildman–Crippen LogP) is 4.01. The molecule has 2 saturated heterocycles. The molecule has 0 bridgehead atoms. The Morgan fingerprint density at radius 2 is 1.58 bits per heavy atom. The highest BCUT2D eigenvalue weighted by Crippen LogP contribution is 2.38. The number of hydrogen-bond acceptors (Lipinski definition) is 9. The molecule has 0 spiro atoms. The minimum atomic E-state index is -0.613. The molecule has 4 rings (SSSR count). The lowest BCUT2D eigenvalue weighted by atomic mass is 10.2. The fourth-order valence-corrected chi connectivity index (χ4v) is 5.96. The molecule has 2 fully saturated rings. The second-order valence-electron chi connectivity index (χ2n) is 10.4. The number of amides is 3. The normalized spacial score (nSPS) is 18.5. The number of carbonyl (C=O) groups is 3. The number of benzene rings is 2. The predicted molar refractivity (Wildman–Crippen MR) is 174 cm³/mol. The van der Waals surface area contributed by atoms with Crippen LogP contribution in [-0.2, 0) is 14.4 Å². The van der Waals surface area contributed by atoms with Crippen LogP contribution in [0.3, 0.4) is 0 Å². The molecule has 2 aliphatic heterocycles. The molecule has 0 radical (unpaired) electrons. The highest BCUT2D eigenvalue weighted by atomic mass is 32.2. The zero-order valence-electron chi connectivity index (χ0n) is 24.4. The van der Waals surface area contributed by atoms with Gasteiger partial charge >= 0.3 is 0 Å². The van der Waals surface area contributed by atoms with E-state index in [1.807, 2.05) is 43.3 Å². The maximum atomic E-state index is 13.3. The summed E-state index contributed by atoms with van der Waals surface area (Å²) in [5, 5.41) is 27.6. The molecule has 1 atom stereocenters. The Balaban J connectivity index is 0.00000353. The Bertz CT molecular complexity index is 1440. The molecule has 2 aromatic carbocycles. The molecular weight excluding hydrogens is 564 g/mol. The van der Waals surface area contributed by atoms with Gasteiger partial charge in [-0.1, -0.05) is 18.7 Å². The van der Waals surface area contributed by atoms with Crippen LogP contribution in [0.15, 0.2) is 59.1 Å². The molecule has 2 aliphatic rings. The lowest BCUT2D eigenvalue weighted by molar-refractivity contribution is -0.127. The zero-order chi connectivity index (χ0) is 30.8. The van der Waals surface area contributed by atoms with E-state index in [9.17, 15) is 19.6 Å². The summed E-state index contributed by atoms with van der Waals surface area (Å²) in [6.07, 6.45) is 1.10. The molecule has 230 valence electrons. The van der Waals surface area contributed by atoms with Crippen molar-refractivity contribution in [1.29, 1.82) is 10.5 Å². The number of rotatable bonds is 11. The van der Waals surface area contributed by atoms with Crippen molar-refractivity contribution in [3.05, 3.63) is 64.7 Å². The number of thioether (sulfide) groups is 1. The first-order chi connectivity index (χ1) is 20.8. The van der Waals surface area contributed by atoms with E-state index >= 15 is 0 Å². The van der Waals surface area contributed by atoms with E-state index in [0.717, 1.165) is 38.4 Å². The van der Waals surface area contributed by atoms with E-state index in [-0.39, 0.29) is 21.7 Å². The SMILES string of the molecule is CCCN1C(=O)C(CNc2ccc(NC(=O)CCN3CCN(C)CC3)cc2)S/C1=C(/C#N)C(=O)Nc1ccc(C#N)cc1.[HH].[HH].[HH]. The second-order valence-corrected chi connectivity index (χ2v) is 11.6. The van der Waals surface area contributed by atoms with Gasteiger partial charge in [0, 0.05) is 73.6 Å². The minimum Gasteiger partial charge on any atom is -0.383 e. The van der Waals surface area contributed by atoms with E-state index < -0.39 is 11.2 Å². The minimum absolute atomic E-state index is 0. The van der Waals surface area contributed by atoms with Crippen LogP contribution in [-0.4, -0.2) is 90.5 Å². The van der Waals surface area contributed by atoms with Crippen LogP contribution in [0.2, 0.25) is 0 Å². The molecule has 3 N–H and O–H groups in total. The van der Waals surface area contributed by atoms with Crippen LogP contribution in [0.4, 0.5) is 17.1 Å². The number of piperazine rings is 1. The van der Waals surface area contributed by atoms with Crippen LogP contribution in [0, 0.1) is 22.7 Å². The lowest BCUT2D eigenvalue weighted by Gasteiger charge is -2.32. The molecule has 0 saturated carbocycles. The summed E-state index contributed by atoms with van der Waals surface area (Å²) < 4.78 is 0. The summed E-state index contributed by atoms with van der Waals surface area (Å²) in [5.74, 6) is -0.810. The van der Waals surface area contributed by atoms with Crippen molar-refractivity contribution in [2.24, 2.45) is 0 Å².